The minimum absolute atomic E-state index is 0.00940. The average Bonchev–Trinajstić information content (AvgIpc) is 2.30. The highest BCUT2D eigenvalue weighted by molar-refractivity contribution is 6.27. The Morgan fingerprint density at radius 1 is 1.50 bits per heavy atom. The number of benzene rings is 1. The summed E-state index contributed by atoms with van der Waals surface area (Å²) in [7, 11) is 0. The van der Waals surface area contributed by atoms with Crippen LogP contribution >= 0.6 is 11.6 Å². The lowest BCUT2D eigenvalue weighted by Crippen LogP contribution is -2.10. The largest absolute Gasteiger partial charge is 0.427 e. The van der Waals surface area contributed by atoms with Gasteiger partial charge in [0, 0.05) is 18.1 Å². The van der Waals surface area contributed by atoms with Crippen molar-refractivity contribution in [2.45, 2.75) is 13.0 Å². The van der Waals surface area contributed by atoms with Gasteiger partial charge in [0.2, 0.25) is 5.75 Å². The lowest BCUT2D eigenvalue weighted by Gasteiger charge is -2.09. The molecule has 0 radical (unpaired) electrons. The number of halogens is 3. The van der Waals surface area contributed by atoms with Crippen LogP contribution in [0.5, 0.6) is 5.75 Å². The van der Waals surface area contributed by atoms with Crippen LogP contribution in [-0.2, 0) is 11.2 Å². The van der Waals surface area contributed by atoms with Gasteiger partial charge in [0.1, 0.15) is 0 Å². The van der Waals surface area contributed by atoms with E-state index in [0.717, 1.165) is 6.07 Å². The number of carbonyl (C=O) groups excluding carboxylic acids is 1. The molecule has 8 heteroatoms. The first-order valence-corrected chi connectivity index (χ1v) is 5.28. The first-order valence-electron chi connectivity index (χ1n) is 4.74. The highest BCUT2D eigenvalue weighted by Crippen LogP contribution is 2.32. The minimum Gasteiger partial charge on any atom is -0.427 e. The molecule has 1 aromatic rings. The third kappa shape index (κ3) is 3.63. The minimum atomic E-state index is -3.21. The van der Waals surface area contributed by atoms with Crippen LogP contribution in [-0.4, -0.2) is 23.2 Å². The van der Waals surface area contributed by atoms with Gasteiger partial charge in [0.05, 0.1) is 10.8 Å². The van der Waals surface area contributed by atoms with E-state index in [9.17, 15) is 23.7 Å². The molecule has 0 amide bonds. The number of rotatable bonds is 6. The van der Waals surface area contributed by atoms with Crippen molar-refractivity contribution in [2.75, 3.05) is 5.88 Å². The molecule has 0 saturated carbocycles. The predicted molar refractivity (Wildman–Crippen MR) is 59.2 cm³/mol. The molecule has 0 heterocycles. The SMILES string of the molecule is O=C(CCl)Cc1cccc([N+](=O)[O-])c1OC(F)F. The average molecular weight is 280 g/mol. The van der Waals surface area contributed by atoms with E-state index in [4.69, 9.17) is 11.6 Å². The van der Waals surface area contributed by atoms with E-state index < -0.39 is 28.8 Å². The fraction of sp³-hybridized carbons (Fsp3) is 0.300. The maximum Gasteiger partial charge on any atom is 0.387 e. The van der Waals surface area contributed by atoms with E-state index in [1.165, 1.54) is 12.1 Å². The number of ketones is 1. The number of alkyl halides is 3. The summed E-state index contributed by atoms with van der Waals surface area (Å²) in [6.07, 6.45) is -0.298. The molecule has 0 spiro atoms. The number of ether oxygens (including phenoxy) is 1. The zero-order chi connectivity index (χ0) is 13.7. The van der Waals surface area contributed by atoms with Crippen molar-refractivity contribution < 1.29 is 23.2 Å². The van der Waals surface area contributed by atoms with Gasteiger partial charge in [-0.05, 0) is 0 Å². The highest BCUT2D eigenvalue weighted by atomic mass is 35.5. The Labute approximate surface area is 105 Å². The van der Waals surface area contributed by atoms with Gasteiger partial charge in [-0.25, -0.2) is 0 Å². The van der Waals surface area contributed by atoms with Crippen molar-refractivity contribution >= 4 is 23.1 Å². The van der Waals surface area contributed by atoms with E-state index >= 15 is 0 Å². The molecule has 18 heavy (non-hydrogen) atoms. The topological polar surface area (TPSA) is 69.4 Å². The van der Waals surface area contributed by atoms with Crippen LogP contribution in [0.3, 0.4) is 0 Å². The summed E-state index contributed by atoms with van der Waals surface area (Å²) in [4.78, 5) is 21.0. The second-order valence-electron chi connectivity index (χ2n) is 3.25. The molecule has 5 nitrogen and oxygen atoms in total. The van der Waals surface area contributed by atoms with Crippen LogP contribution in [0.2, 0.25) is 0 Å². The molecule has 0 atom stereocenters. The highest BCUT2D eigenvalue weighted by Gasteiger charge is 2.23. The van der Waals surface area contributed by atoms with E-state index in [1.54, 1.807) is 0 Å². The predicted octanol–water partition coefficient (Wildman–Crippen LogP) is 2.55. The van der Waals surface area contributed by atoms with Crippen LogP contribution in [0.15, 0.2) is 18.2 Å². The molecule has 0 aliphatic rings. The third-order valence-electron chi connectivity index (χ3n) is 2.02. The van der Waals surface area contributed by atoms with Gasteiger partial charge < -0.3 is 4.74 Å². The summed E-state index contributed by atoms with van der Waals surface area (Å²) in [5, 5.41) is 10.7. The molecule has 0 fully saturated rings. The van der Waals surface area contributed by atoms with Gasteiger partial charge in [-0.15, -0.1) is 11.6 Å². The molecule has 0 aromatic heterocycles. The normalized spacial score (nSPS) is 10.4. The maximum atomic E-state index is 12.2. The van der Waals surface area contributed by atoms with Crippen molar-refractivity contribution in [1.82, 2.24) is 0 Å². The Kier molecular flexibility index (Phi) is 4.96. The lowest BCUT2D eigenvalue weighted by atomic mass is 10.1. The summed E-state index contributed by atoms with van der Waals surface area (Å²) in [6.45, 7) is -3.21. The zero-order valence-electron chi connectivity index (χ0n) is 8.94. The Hall–Kier alpha value is -1.76. The first kappa shape index (κ1) is 14.3. The maximum absolute atomic E-state index is 12.2. The van der Waals surface area contributed by atoms with Gasteiger partial charge in [-0.3, -0.25) is 14.9 Å². The van der Waals surface area contributed by atoms with E-state index in [0.29, 0.717) is 0 Å². The number of Topliss-reactive ketones (excluding diaryl/α,β-unsaturated/α-hetero) is 1. The van der Waals surface area contributed by atoms with Crippen LogP contribution in [0.25, 0.3) is 0 Å². The zero-order valence-corrected chi connectivity index (χ0v) is 9.69. The van der Waals surface area contributed by atoms with Gasteiger partial charge in [0.25, 0.3) is 0 Å². The molecular weight excluding hydrogens is 272 g/mol. The summed E-state index contributed by atoms with van der Waals surface area (Å²) >= 11 is 5.29. The smallest absolute Gasteiger partial charge is 0.387 e. The number of hydrogen-bond donors (Lipinski definition) is 0. The van der Waals surface area contributed by atoms with Crippen LogP contribution < -0.4 is 4.74 Å². The van der Waals surface area contributed by atoms with E-state index in [1.807, 2.05) is 0 Å². The van der Waals surface area contributed by atoms with Gasteiger partial charge >= 0.3 is 12.3 Å². The molecule has 1 aromatic carbocycles. The molecule has 0 aliphatic heterocycles. The Morgan fingerprint density at radius 3 is 2.67 bits per heavy atom. The molecule has 0 aliphatic carbocycles. The lowest BCUT2D eigenvalue weighted by molar-refractivity contribution is -0.386. The molecule has 1 rings (SSSR count). The quantitative estimate of drug-likeness (QED) is 0.456. The van der Waals surface area contributed by atoms with Crippen molar-refractivity contribution in [3.63, 3.8) is 0 Å². The second kappa shape index (κ2) is 6.25. The fourth-order valence-electron chi connectivity index (χ4n) is 1.34. The van der Waals surface area contributed by atoms with Crippen LogP contribution in [0.4, 0.5) is 14.5 Å². The summed E-state index contributed by atoms with van der Waals surface area (Å²) in [6, 6.07) is 3.61. The molecule has 0 N–H and O–H groups in total. The number of carbonyl (C=O) groups is 1. The van der Waals surface area contributed by atoms with Crippen molar-refractivity contribution in [3.05, 3.63) is 33.9 Å². The van der Waals surface area contributed by atoms with Gasteiger partial charge in [-0.2, -0.15) is 8.78 Å². The van der Waals surface area contributed by atoms with Gasteiger partial charge in [0.15, 0.2) is 5.78 Å². The van der Waals surface area contributed by atoms with Crippen LogP contribution in [0, 0.1) is 10.1 Å². The van der Waals surface area contributed by atoms with Gasteiger partial charge in [-0.1, -0.05) is 12.1 Å². The molecule has 0 bridgehead atoms. The standard InChI is InChI=1S/C10H8ClF2NO4/c11-5-7(15)4-6-2-1-3-8(14(16)17)9(6)18-10(12)13/h1-3,10H,4-5H2. The molecule has 0 unspecified atom stereocenters. The van der Waals surface area contributed by atoms with E-state index in [-0.39, 0.29) is 17.9 Å². The number of nitro benzene ring substituents is 1. The van der Waals surface area contributed by atoms with E-state index in [2.05, 4.69) is 4.74 Å². The summed E-state index contributed by atoms with van der Waals surface area (Å²) in [5.74, 6) is -1.36. The van der Waals surface area contributed by atoms with Crippen molar-refractivity contribution in [2.24, 2.45) is 0 Å². The van der Waals surface area contributed by atoms with Crippen molar-refractivity contribution in [3.8, 4) is 5.75 Å². The fourth-order valence-corrected chi connectivity index (χ4v) is 1.43. The Morgan fingerprint density at radius 2 is 2.17 bits per heavy atom. The summed E-state index contributed by atoms with van der Waals surface area (Å²) in [5.41, 5.74) is -0.606. The Balaban J connectivity index is 3.19. The monoisotopic (exact) mass is 279 g/mol. The Bertz CT molecular complexity index is 467. The second-order valence-corrected chi connectivity index (χ2v) is 3.52. The number of hydrogen-bond acceptors (Lipinski definition) is 4. The van der Waals surface area contributed by atoms with Crippen molar-refractivity contribution in [1.29, 1.82) is 0 Å². The molecule has 0 saturated heterocycles. The summed E-state index contributed by atoms with van der Waals surface area (Å²) < 4.78 is 28.5. The third-order valence-corrected chi connectivity index (χ3v) is 2.31. The molecular formula is C10H8ClF2NO4. The molecule has 98 valence electrons. The first-order chi connectivity index (χ1) is 8.45. The number of nitrogens with zero attached hydrogens (tertiary/aromatic N) is 1. The van der Waals surface area contributed by atoms with Crippen LogP contribution in [0.1, 0.15) is 5.56 Å². The number of nitro groups is 1. The number of para-hydroxylation sites is 1.